The molecule has 20 heavy (non-hydrogen) atoms. The standard InChI is InChI=1S/C14H19N3O3/c1-3-11-4-5-12(8-13(11)17(19)20)14(18)16-7-6-15-9-10(16)2/h4-5,8,10,15H,3,6-7,9H2,1-2H3/t10-/m0/s1. The van der Waals surface area contributed by atoms with Gasteiger partial charge in [0.1, 0.15) is 0 Å². The molecule has 1 amide bonds. The Morgan fingerprint density at radius 2 is 2.30 bits per heavy atom. The van der Waals surface area contributed by atoms with Gasteiger partial charge in [0.25, 0.3) is 11.6 Å². The first-order valence-corrected chi connectivity index (χ1v) is 6.83. The second-order valence-electron chi connectivity index (χ2n) is 5.01. The van der Waals surface area contributed by atoms with E-state index in [1.54, 1.807) is 17.0 Å². The van der Waals surface area contributed by atoms with E-state index in [2.05, 4.69) is 5.32 Å². The largest absolute Gasteiger partial charge is 0.333 e. The molecular weight excluding hydrogens is 258 g/mol. The van der Waals surface area contributed by atoms with Crippen molar-refractivity contribution < 1.29 is 9.72 Å². The van der Waals surface area contributed by atoms with Gasteiger partial charge in [-0.1, -0.05) is 13.0 Å². The van der Waals surface area contributed by atoms with Crippen LogP contribution in [-0.4, -0.2) is 41.4 Å². The van der Waals surface area contributed by atoms with Crippen molar-refractivity contribution in [3.63, 3.8) is 0 Å². The van der Waals surface area contributed by atoms with Gasteiger partial charge in [-0.05, 0) is 19.4 Å². The van der Waals surface area contributed by atoms with Crippen molar-refractivity contribution in [3.05, 3.63) is 39.4 Å². The number of hydrogen-bond donors (Lipinski definition) is 1. The van der Waals surface area contributed by atoms with E-state index in [1.807, 2.05) is 13.8 Å². The van der Waals surface area contributed by atoms with Gasteiger partial charge in [-0.25, -0.2) is 0 Å². The Morgan fingerprint density at radius 3 is 2.90 bits per heavy atom. The zero-order valence-corrected chi connectivity index (χ0v) is 11.8. The van der Waals surface area contributed by atoms with E-state index < -0.39 is 4.92 Å². The lowest BCUT2D eigenvalue weighted by Gasteiger charge is -2.34. The molecule has 1 fully saturated rings. The zero-order chi connectivity index (χ0) is 14.7. The average molecular weight is 277 g/mol. The Balaban J connectivity index is 2.30. The number of nitrogens with zero attached hydrogens (tertiary/aromatic N) is 2. The molecule has 2 rings (SSSR count). The lowest BCUT2D eigenvalue weighted by molar-refractivity contribution is -0.385. The van der Waals surface area contributed by atoms with Crippen LogP contribution in [0.4, 0.5) is 5.69 Å². The second kappa shape index (κ2) is 6.00. The maximum absolute atomic E-state index is 12.5. The first-order chi connectivity index (χ1) is 9.54. The summed E-state index contributed by atoms with van der Waals surface area (Å²) in [6.07, 6.45) is 0.578. The summed E-state index contributed by atoms with van der Waals surface area (Å²) >= 11 is 0. The SMILES string of the molecule is CCc1ccc(C(=O)N2CCNC[C@@H]2C)cc1[N+](=O)[O-]. The smallest absolute Gasteiger partial charge is 0.273 e. The van der Waals surface area contributed by atoms with Crippen LogP contribution in [0.15, 0.2) is 18.2 Å². The molecule has 6 heteroatoms. The van der Waals surface area contributed by atoms with Crippen molar-refractivity contribution in [2.24, 2.45) is 0 Å². The molecule has 0 bridgehead atoms. The number of carbonyl (C=O) groups is 1. The number of carbonyl (C=O) groups excluding carboxylic acids is 1. The van der Waals surface area contributed by atoms with Crippen LogP contribution < -0.4 is 5.32 Å². The van der Waals surface area contributed by atoms with Crippen molar-refractivity contribution in [1.82, 2.24) is 10.2 Å². The van der Waals surface area contributed by atoms with Crippen LogP contribution >= 0.6 is 0 Å². The first-order valence-electron chi connectivity index (χ1n) is 6.83. The molecule has 1 aromatic rings. The highest BCUT2D eigenvalue weighted by Gasteiger charge is 2.25. The van der Waals surface area contributed by atoms with E-state index in [0.717, 1.165) is 13.1 Å². The number of hydrogen-bond acceptors (Lipinski definition) is 4. The van der Waals surface area contributed by atoms with Crippen LogP contribution in [0.5, 0.6) is 0 Å². The minimum Gasteiger partial charge on any atom is -0.333 e. The molecule has 0 radical (unpaired) electrons. The van der Waals surface area contributed by atoms with Crippen molar-refractivity contribution in [2.45, 2.75) is 26.3 Å². The number of piperazine rings is 1. The second-order valence-corrected chi connectivity index (χ2v) is 5.01. The molecule has 108 valence electrons. The number of aryl methyl sites for hydroxylation is 1. The minimum absolute atomic E-state index is 0.0288. The maximum atomic E-state index is 12.5. The van der Waals surface area contributed by atoms with Gasteiger partial charge in [-0.2, -0.15) is 0 Å². The van der Waals surface area contributed by atoms with Crippen molar-refractivity contribution in [2.75, 3.05) is 19.6 Å². The lowest BCUT2D eigenvalue weighted by Crippen LogP contribution is -2.52. The highest BCUT2D eigenvalue weighted by molar-refractivity contribution is 5.95. The Hall–Kier alpha value is -1.95. The molecule has 1 heterocycles. The van der Waals surface area contributed by atoms with Gasteiger partial charge >= 0.3 is 0 Å². The molecule has 0 aromatic heterocycles. The van der Waals surface area contributed by atoms with Gasteiger partial charge in [-0.15, -0.1) is 0 Å². The zero-order valence-electron chi connectivity index (χ0n) is 11.8. The summed E-state index contributed by atoms with van der Waals surface area (Å²) in [5.74, 6) is -0.134. The third kappa shape index (κ3) is 2.80. The fraction of sp³-hybridized carbons (Fsp3) is 0.500. The average Bonchev–Trinajstić information content (AvgIpc) is 2.46. The number of rotatable bonds is 3. The van der Waals surface area contributed by atoms with Crippen molar-refractivity contribution in [3.8, 4) is 0 Å². The van der Waals surface area contributed by atoms with Gasteiger partial charge in [0.2, 0.25) is 0 Å². The molecule has 0 unspecified atom stereocenters. The molecule has 1 N–H and O–H groups in total. The molecule has 1 aromatic carbocycles. The summed E-state index contributed by atoms with van der Waals surface area (Å²) in [6.45, 7) is 5.97. The molecule has 1 aliphatic rings. The normalized spacial score (nSPS) is 18.9. The van der Waals surface area contributed by atoms with Crippen LogP contribution in [0.3, 0.4) is 0 Å². The van der Waals surface area contributed by atoms with E-state index in [1.165, 1.54) is 6.07 Å². The molecule has 1 aliphatic heterocycles. The first kappa shape index (κ1) is 14.5. The van der Waals surface area contributed by atoms with Crippen LogP contribution in [-0.2, 0) is 6.42 Å². The molecule has 1 saturated heterocycles. The Bertz CT molecular complexity index is 530. The number of amides is 1. The molecule has 0 aliphatic carbocycles. The summed E-state index contributed by atoms with van der Waals surface area (Å²) in [4.78, 5) is 24.9. The number of nitrogens with one attached hydrogen (secondary N) is 1. The highest BCUT2D eigenvalue weighted by Crippen LogP contribution is 2.22. The quantitative estimate of drug-likeness (QED) is 0.672. The van der Waals surface area contributed by atoms with Crippen LogP contribution in [0, 0.1) is 10.1 Å². The monoisotopic (exact) mass is 277 g/mol. The topological polar surface area (TPSA) is 75.5 Å². The third-order valence-electron chi connectivity index (χ3n) is 3.67. The molecule has 1 atom stereocenters. The molecule has 6 nitrogen and oxygen atoms in total. The summed E-state index contributed by atoms with van der Waals surface area (Å²) in [7, 11) is 0. The predicted molar refractivity (Wildman–Crippen MR) is 75.8 cm³/mol. The van der Waals surface area contributed by atoms with Gasteiger partial charge in [0.05, 0.1) is 4.92 Å². The Labute approximate surface area is 117 Å². The van der Waals surface area contributed by atoms with Gasteiger partial charge in [0.15, 0.2) is 0 Å². The molecule has 0 saturated carbocycles. The fourth-order valence-corrected chi connectivity index (χ4v) is 2.47. The maximum Gasteiger partial charge on any atom is 0.273 e. The van der Waals surface area contributed by atoms with Crippen molar-refractivity contribution in [1.29, 1.82) is 0 Å². The molecule has 0 spiro atoms. The van der Waals surface area contributed by atoms with Crippen LogP contribution in [0.1, 0.15) is 29.8 Å². The van der Waals surface area contributed by atoms with Gasteiger partial charge in [-0.3, -0.25) is 14.9 Å². The minimum atomic E-state index is -0.420. The molecular formula is C14H19N3O3. The summed E-state index contributed by atoms with van der Waals surface area (Å²) < 4.78 is 0. The van der Waals surface area contributed by atoms with E-state index in [0.29, 0.717) is 24.1 Å². The lowest BCUT2D eigenvalue weighted by atomic mass is 10.1. The van der Waals surface area contributed by atoms with Crippen LogP contribution in [0.25, 0.3) is 0 Å². The van der Waals surface area contributed by atoms with Crippen LogP contribution in [0.2, 0.25) is 0 Å². The van der Waals surface area contributed by atoms with E-state index in [-0.39, 0.29) is 17.6 Å². The summed E-state index contributed by atoms with van der Waals surface area (Å²) in [6, 6.07) is 4.86. The van der Waals surface area contributed by atoms with Gasteiger partial charge in [0, 0.05) is 42.9 Å². The van der Waals surface area contributed by atoms with E-state index in [9.17, 15) is 14.9 Å². The Morgan fingerprint density at radius 1 is 1.55 bits per heavy atom. The Kier molecular flexibility index (Phi) is 4.34. The van der Waals surface area contributed by atoms with E-state index in [4.69, 9.17) is 0 Å². The van der Waals surface area contributed by atoms with Gasteiger partial charge < -0.3 is 10.2 Å². The number of nitro benzene ring substituents is 1. The predicted octanol–water partition coefficient (Wildman–Crippen LogP) is 1.59. The summed E-state index contributed by atoms with van der Waals surface area (Å²) in [5, 5.41) is 14.3. The van der Waals surface area contributed by atoms with Crippen molar-refractivity contribution >= 4 is 11.6 Å². The summed E-state index contributed by atoms with van der Waals surface area (Å²) in [5.41, 5.74) is 1.07. The number of nitro groups is 1. The van der Waals surface area contributed by atoms with E-state index >= 15 is 0 Å². The number of benzene rings is 1. The third-order valence-corrected chi connectivity index (χ3v) is 3.67. The fourth-order valence-electron chi connectivity index (χ4n) is 2.47. The highest BCUT2D eigenvalue weighted by atomic mass is 16.6.